The standard InChI is InChI=1S/C9H8N4S2/c1-2-4-8(5-3-1)13-15-14-9-11-6-10-7-12-9/h1-7,13H. The number of nitrogens with zero attached hydrogens (tertiary/aromatic N) is 3. The molecule has 0 amide bonds. The molecule has 15 heavy (non-hydrogen) atoms. The fourth-order valence-electron chi connectivity index (χ4n) is 0.884. The molecule has 2 rings (SSSR count). The number of hydrogen-bond donors (Lipinski definition) is 1. The zero-order valence-electron chi connectivity index (χ0n) is 7.70. The molecule has 0 bridgehead atoms. The first-order valence-corrected chi connectivity index (χ1v) is 6.37. The number of nitrogens with one attached hydrogen (secondary N) is 1. The Hall–Kier alpha value is -1.27. The second-order valence-electron chi connectivity index (χ2n) is 2.56. The maximum atomic E-state index is 3.99. The Labute approximate surface area is 95.5 Å². The predicted molar refractivity (Wildman–Crippen MR) is 63.3 cm³/mol. The highest BCUT2D eigenvalue weighted by Crippen LogP contribution is 2.28. The summed E-state index contributed by atoms with van der Waals surface area (Å²) in [7, 11) is 2.93. The highest BCUT2D eigenvalue weighted by molar-refractivity contribution is 8.77. The van der Waals surface area contributed by atoms with E-state index in [-0.39, 0.29) is 0 Å². The molecule has 1 N–H and O–H groups in total. The predicted octanol–water partition coefficient (Wildman–Crippen LogP) is 2.64. The summed E-state index contributed by atoms with van der Waals surface area (Å²) in [5.41, 5.74) is 1.06. The molecule has 0 aliphatic rings. The molecule has 0 unspecified atom stereocenters. The van der Waals surface area contributed by atoms with Gasteiger partial charge in [-0.25, -0.2) is 15.0 Å². The highest BCUT2D eigenvalue weighted by Gasteiger charge is 1.96. The fourth-order valence-corrected chi connectivity index (χ4v) is 2.31. The lowest BCUT2D eigenvalue weighted by Gasteiger charge is -2.02. The minimum Gasteiger partial charge on any atom is -0.320 e. The molecule has 1 heterocycles. The van der Waals surface area contributed by atoms with Crippen LogP contribution in [0.5, 0.6) is 0 Å². The fraction of sp³-hybridized carbons (Fsp3) is 0. The monoisotopic (exact) mass is 236 g/mol. The van der Waals surface area contributed by atoms with E-state index in [1.807, 2.05) is 30.3 Å². The maximum absolute atomic E-state index is 3.99. The van der Waals surface area contributed by atoms with Crippen LogP contribution >= 0.6 is 21.8 Å². The lowest BCUT2D eigenvalue weighted by atomic mass is 10.3. The molecule has 0 saturated heterocycles. The third-order valence-corrected chi connectivity index (χ3v) is 3.23. The van der Waals surface area contributed by atoms with Gasteiger partial charge in [-0.15, -0.1) is 0 Å². The van der Waals surface area contributed by atoms with Gasteiger partial charge < -0.3 is 4.72 Å². The first kappa shape index (κ1) is 10.3. The van der Waals surface area contributed by atoms with Gasteiger partial charge in [0.25, 0.3) is 0 Å². The van der Waals surface area contributed by atoms with Gasteiger partial charge >= 0.3 is 0 Å². The Kier molecular flexibility index (Phi) is 3.81. The van der Waals surface area contributed by atoms with E-state index in [4.69, 9.17) is 0 Å². The number of aromatic nitrogens is 3. The van der Waals surface area contributed by atoms with Crippen LogP contribution in [0.25, 0.3) is 0 Å². The van der Waals surface area contributed by atoms with Crippen molar-refractivity contribution in [1.82, 2.24) is 15.0 Å². The molecule has 0 atom stereocenters. The SMILES string of the molecule is c1ccc(NSSc2ncncn2)cc1. The van der Waals surface area contributed by atoms with Crippen molar-refractivity contribution < 1.29 is 0 Å². The van der Waals surface area contributed by atoms with E-state index < -0.39 is 0 Å². The van der Waals surface area contributed by atoms with Crippen LogP contribution in [0, 0.1) is 0 Å². The highest BCUT2D eigenvalue weighted by atomic mass is 33.1. The quantitative estimate of drug-likeness (QED) is 0.650. The lowest BCUT2D eigenvalue weighted by Crippen LogP contribution is -1.86. The van der Waals surface area contributed by atoms with Crippen molar-refractivity contribution in [2.24, 2.45) is 0 Å². The number of hydrogen-bond acceptors (Lipinski definition) is 6. The maximum Gasteiger partial charge on any atom is 0.203 e. The van der Waals surface area contributed by atoms with Crippen molar-refractivity contribution in [3.8, 4) is 0 Å². The van der Waals surface area contributed by atoms with Gasteiger partial charge in [0.05, 0.1) is 0 Å². The van der Waals surface area contributed by atoms with Crippen LogP contribution < -0.4 is 4.72 Å². The van der Waals surface area contributed by atoms with Crippen molar-refractivity contribution in [3.05, 3.63) is 43.0 Å². The molecular formula is C9H8N4S2. The van der Waals surface area contributed by atoms with E-state index in [1.54, 1.807) is 0 Å². The zero-order chi connectivity index (χ0) is 10.3. The summed E-state index contributed by atoms with van der Waals surface area (Å²) < 4.78 is 3.17. The summed E-state index contributed by atoms with van der Waals surface area (Å²) in [5.74, 6) is 0. The van der Waals surface area contributed by atoms with Gasteiger partial charge in [0.15, 0.2) is 0 Å². The summed E-state index contributed by atoms with van der Waals surface area (Å²) in [6.07, 6.45) is 2.97. The van der Waals surface area contributed by atoms with Crippen molar-refractivity contribution >= 4 is 27.5 Å². The number of anilines is 1. The molecule has 0 saturated carbocycles. The smallest absolute Gasteiger partial charge is 0.203 e. The average Bonchev–Trinajstić information content (AvgIpc) is 2.32. The second-order valence-corrected chi connectivity index (χ2v) is 4.46. The molecule has 1 aromatic heterocycles. The minimum absolute atomic E-state index is 0.693. The van der Waals surface area contributed by atoms with Gasteiger partial charge in [0.2, 0.25) is 5.16 Å². The molecule has 0 aliphatic carbocycles. The Balaban J connectivity index is 1.81. The summed E-state index contributed by atoms with van der Waals surface area (Å²) >= 11 is 0. The van der Waals surface area contributed by atoms with Crippen LogP contribution in [0.1, 0.15) is 0 Å². The third kappa shape index (κ3) is 3.41. The van der Waals surface area contributed by atoms with Crippen LogP contribution in [-0.2, 0) is 0 Å². The van der Waals surface area contributed by atoms with E-state index in [0.717, 1.165) is 5.69 Å². The number of benzene rings is 1. The molecule has 2 aromatic rings. The van der Waals surface area contributed by atoms with Gasteiger partial charge in [0, 0.05) is 27.5 Å². The van der Waals surface area contributed by atoms with E-state index >= 15 is 0 Å². The normalized spacial score (nSPS) is 9.87. The van der Waals surface area contributed by atoms with Gasteiger partial charge in [-0.1, -0.05) is 18.2 Å². The molecule has 0 spiro atoms. The second kappa shape index (κ2) is 5.57. The third-order valence-electron chi connectivity index (χ3n) is 1.52. The number of rotatable bonds is 4. The van der Waals surface area contributed by atoms with E-state index in [1.165, 1.54) is 34.4 Å². The first-order valence-electron chi connectivity index (χ1n) is 4.22. The van der Waals surface area contributed by atoms with Gasteiger partial charge in [0.1, 0.15) is 12.7 Å². The summed E-state index contributed by atoms with van der Waals surface area (Å²) in [4.78, 5) is 11.7. The topological polar surface area (TPSA) is 50.7 Å². The number of para-hydroxylation sites is 1. The average molecular weight is 236 g/mol. The van der Waals surface area contributed by atoms with Gasteiger partial charge in [-0.3, -0.25) is 0 Å². The molecule has 1 aromatic carbocycles. The molecule has 4 nitrogen and oxygen atoms in total. The molecule has 76 valence electrons. The van der Waals surface area contributed by atoms with E-state index in [0.29, 0.717) is 5.16 Å². The molecule has 6 heteroatoms. The zero-order valence-corrected chi connectivity index (χ0v) is 9.33. The minimum atomic E-state index is 0.693. The van der Waals surface area contributed by atoms with Crippen molar-refractivity contribution in [3.63, 3.8) is 0 Å². The molecule has 0 fully saturated rings. The van der Waals surface area contributed by atoms with Gasteiger partial charge in [-0.05, 0) is 12.1 Å². The Morgan fingerprint density at radius 1 is 1.00 bits per heavy atom. The Morgan fingerprint density at radius 3 is 2.47 bits per heavy atom. The summed E-state index contributed by atoms with van der Waals surface area (Å²) in [6, 6.07) is 9.95. The van der Waals surface area contributed by atoms with Crippen LogP contribution in [0.2, 0.25) is 0 Å². The van der Waals surface area contributed by atoms with Crippen LogP contribution in [0.15, 0.2) is 48.1 Å². The van der Waals surface area contributed by atoms with E-state index in [2.05, 4.69) is 19.7 Å². The summed E-state index contributed by atoms with van der Waals surface area (Å²) in [5, 5.41) is 0.693. The Morgan fingerprint density at radius 2 is 1.73 bits per heavy atom. The van der Waals surface area contributed by atoms with Crippen molar-refractivity contribution in [2.45, 2.75) is 5.16 Å². The summed E-state index contributed by atoms with van der Waals surface area (Å²) in [6.45, 7) is 0. The van der Waals surface area contributed by atoms with Crippen LogP contribution in [0.4, 0.5) is 5.69 Å². The van der Waals surface area contributed by atoms with Crippen LogP contribution in [-0.4, -0.2) is 15.0 Å². The van der Waals surface area contributed by atoms with E-state index in [9.17, 15) is 0 Å². The molecule has 0 aliphatic heterocycles. The molecule has 0 radical (unpaired) electrons. The van der Waals surface area contributed by atoms with Crippen LogP contribution in [0.3, 0.4) is 0 Å². The van der Waals surface area contributed by atoms with Crippen molar-refractivity contribution in [1.29, 1.82) is 0 Å². The molecular weight excluding hydrogens is 228 g/mol. The largest absolute Gasteiger partial charge is 0.320 e. The Bertz CT molecular complexity index is 356. The van der Waals surface area contributed by atoms with Gasteiger partial charge in [-0.2, -0.15) is 0 Å². The first-order chi connectivity index (χ1) is 7.45. The van der Waals surface area contributed by atoms with Crippen molar-refractivity contribution in [2.75, 3.05) is 4.72 Å². The lowest BCUT2D eigenvalue weighted by molar-refractivity contribution is 0.906.